The molecule has 0 unspecified atom stereocenters. The van der Waals surface area contributed by atoms with Crippen LogP contribution in [0.4, 0.5) is 10.8 Å². The van der Waals surface area contributed by atoms with Gasteiger partial charge in [-0.25, -0.2) is 4.98 Å². The van der Waals surface area contributed by atoms with Gasteiger partial charge in [-0.3, -0.25) is 14.4 Å². The molecular formula is C18H22N4O3S. The zero-order chi connectivity index (χ0) is 19.3. The van der Waals surface area contributed by atoms with Crippen LogP contribution in [0.25, 0.3) is 0 Å². The average Bonchev–Trinajstić information content (AvgIpc) is 2.95. The summed E-state index contributed by atoms with van der Waals surface area (Å²) in [5.74, 6) is -0.657. The largest absolute Gasteiger partial charge is 0.351 e. The fourth-order valence-electron chi connectivity index (χ4n) is 2.13. The first-order chi connectivity index (χ1) is 12.1. The van der Waals surface area contributed by atoms with E-state index in [9.17, 15) is 14.4 Å². The first-order valence-corrected chi connectivity index (χ1v) is 8.95. The number of nitrogens with zero attached hydrogens (tertiary/aromatic N) is 1. The molecule has 0 saturated carbocycles. The molecule has 0 fully saturated rings. The number of aromatic nitrogens is 1. The van der Waals surface area contributed by atoms with E-state index in [1.165, 1.54) is 18.3 Å². The van der Waals surface area contributed by atoms with Gasteiger partial charge in [0.15, 0.2) is 5.13 Å². The summed E-state index contributed by atoms with van der Waals surface area (Å²) in [5, 5.41) is 10.1. The highest BCUT2D eigenvalue weighted by atomic mass is 32.1. The Hall–Kier alpha value is -2.74. The molecule has 0 bridgehead atoms. The first-order valence-electron chi connectivity index (χ1n) is 8.07. The third-order valence-corrected chi connectivity index (χ3v) is 3.87. The lowest BCUT2D eigenvalue weighted by Crippen LogP contribution is -2.41. The van der Waals surface area contributed by atoms with Crippen LogP contribution in [-0.2, 0) is 16.0 Å². The van der Waals surface area contributed by atoms with E-state index in [2.05, 4.69) is 20.9 Å². The number of hydrogen-bond acceptors (Lipinski definition) is 5. The van der Waals surface area contributed by atoms with E-state index < -0.39 is 0 Å². The standard InChI is InChI=1S/C18H22N4O3S/c1-11(23)19-17-21-14(10-26-17)16(25)20-13-7-5-12(6-8-13)9-15(24)22-18(2,3)4/h5-8,10H,9H2,1-4H3,(H,20,25)(H,22,24)(H,19,21,23). The quantitative estimate of drug-likeness (QED) is 0.749. The normalized spacial score (nSPS) is 10.9. The van der Waals surface area contributed by atoms with Crippen LogP contribution in [0.3, 0.4) is 0 Å². The monoisotopic (exact) mass is 374 g/mol. The number of hydrogen-bond donors (Lipinski definition) is 3. The Morgan fingerprint density at radius 3 is 2.31 bits per heavy atom. The summed E-state index contributed by atoms with van der Waals surface area (Å²) in [4.78, 5) is 39.2. The molecule has 1 heterocycles. The minimum Gasteiger partial charge on any atom is -0.351 e. The number of carbonyl (C=O) groups excluding carboxylic acids is 3. The van der Waals surface area contributed by atoms with Gasteiger partial charge in [-0.2, -0.15) is 0 Å². The maximum Gasteiger partial charge on any atom is 0.275 e. The molecule has 0 aliphatic heterocycles. The molecule has 0 atom stereocenters. The first kappa shape index (κ1) is 19.6. The zero-order valence-electron chi connectivity index (χ0n) is 15.2. The molecule has 7 nitrogen and oxygen atoms in total. The number of amides is 3. The highest BCUT2D eigenvalue weighted by Crippen LogP contribution is 2.17. The van der Waals surface area contributed by atoms with Gasteiger partial charge in [0.1, 0.15) is 5.69 Å². The minimum atomic E-state index is -0.365. The Kier molecular flexibility index (Phi) is 6.10. The molecular weight excluding hydrogens is 352 g/mol. The molecule has 0 aliphatic rings. The molecule has 138 valence electrons. The second-order valence-electron chi connectivity index (χ2n) is 6.85. The maximum absolute atomic E-state index is 12.2. The molecule has 0 aliphatic carbocycles. The lowest BCUT2D eigenvalue weighted by molar-refractivity contribution is -0.121. The van der Waals surface area contributed by atoms with Gasteiger partial charge in [0.05, 0.1) is 6.42 Å². The van der Waals surface area contributed by atoms with Gasteiger partial charge in [-0.05, 0) is 38.5 Å². The van der Waals surface area contributed by atoms with E-state index in [-0.39, 0.29) is 35.4 Å². The second-order valence-corrected chi connectivity index (χ2v) is 7.70. The van der Waals surface area contributed by atoms with Crippen molar-refractivity contribution in [2.75, 3.05) is 10.6 Å². The maximum atomic E-state index is 12.2. The zero-order valence-corrected chi connectivity index (χ0v) is 16.0. The van der Waals surface area contributed by atoms with Gasteiger partial charge in [0.2, 0.25) is 11.8 Å². The number of carbonyl (C=O) groups is 3. The van der Waals surface area contributed by atoms with E-state index in [0.29, 0.717) is 10.8 Å². The Balaban J connectivity index is 1.94. The smallest absolute Gasteiger partial charge is 0.275 e. The van der Waals surface area contributed by atoms with Crippen LogP contribution in [0, 0.1) is 0 Å². The van der Waals surface area contributed by atoms with Crippen LogP contribution in [-0.4, -0.2) is 28.2 Å². The van der Waals surface area contributed by atoms with E-state index >= 15 is 0 Å². The predicted octanol–water partition coefficient (Wildman–Crippen LogP) is 2.81. The molecule has 0 radical (unpaired) electrons. The molecule has 3 amide bonds. The topological polar surface area (TPSA) is 100 Å². The van der Waals surface area contributed by atoms with Gasteiger partial charge in [0, 0.05) is 23.5 Å². The number of rotatable bonds is 5. The van der Waals surface area contributed by atoms with Gasteiger partial charge in [-0.15, -0.1) is 11.3 Å². The van der Waals surface area contributed by atoms with Crippen LogP contribution >= 0.6 is 11.3 Å². The van der Waals surface area contributed by atoms with Crippen molar-refractivity contribution in [1.82, 2.24) is 10.3 Å². The van der Waals surface area contributed by atoms with Crippen LogP contribution in [0.15, 0.2) is 29.6 Å². The van der Waals surface area contributed by atoms with Crippen molar-refractivity contribution in [2.45, 2.75) is 39.7 Å². The molecule has 1 aromatic carbocycles. The SMILES string of the molecule is CC(=O)Nc1nc(C(=O)Nc2ccc(CC(=O)NC(C)(C)C)cc2)cs1. The Morgan fingerprint density at radius 2 is 1.73 bits per heavy atom. The molecule has 0 spiro atoms. The molecule has 0 saturated heterocycles. The van der Waals surface area contributed by atoms with Gasteiger partial charge in [0.25, 0.3) is 5.91 Å². The third kappa shape index (κ3) is 6.29. The lowest BCUT2D eigenvalue weighted by Gasteiger charge is -2.20. The van der Waals surface area contributed by atoms with Crippen molar-refractivity contribution < 1.29 is 14.4 Å². The van der Waals surface area contributed by atoms with Crippen molar-refractivity contribution in [3.8, 4) is 0 Å². The Labute approximate surface area is 156 Å². The van der Waals surface area contributed by atoms with Crippen LogP contribution in [0.5, 0.6) is 0 Å². The van der Waals surface area contributed by atoms with Crippen LogP contribution in [0.1, 0.15) is 43.7 Å². The van der Waals surface area contributed by atoms with Crippen molar-refractivity contribution in [3.63, 3.8) is 0 Å². The summed E-state index contributed by atoms with van der Waals surface area (Å²) >= 11 is 1.18. The number of anilines is 2. The lowest BCUT2D eigenvalue weighted by atomic mass is 10.1. The fourth-order valence-corrected chi connectivity index (χ4v) is 2.87. The van der Waals surface area contributed by atoms with Crippen molar-refractivity contribution in [1.29, 1.82) is 0 Å². The highest BCUT2D eigenvalue weighted by Gasteiger charge is 2.14. The minimum absolute atomic E-state index is 0.0535. The highest BCUT2D eigenvalue weighted by molar-refractivity contribution is 7.14. The van der Waals surface area contributed by atoms with Crippen LogP contribution in [0.2, 0.25) is 0 Å². The molecule has 2 aromatic rings. The molecule has 26 heavy (non-hydrogen) atoms. The van der Waals surface area contributed by atoms with E-state index in [0.717, 1.165) is 5.56 Å². The second kappa shape index (κ2) is 8.09. The van der Waals surface area contributed by atoms with E-state index in [1.807, 2.05) is 20.8 Å². The van der Waals surface area contributed by atoms with Crippen molar-refractivity contribution in [3.05, 3.63) is 40.9 Å². The molecule has 1 aromatic heterocycles. The van der Waals surface area contributed by atoms with Crippen LogP contribution < -0.4 is 16.0 Å². The number of nitrogens with one attached hydrogen (secondary N) is 3. The number of benzene rings is 1. The summed E-state index contributed by atoms with van der Waals surface area (Å²) in [7, 11) is 0. The third-order valence-electron chi connectivity index (χ3n) is 3.11. The predicted molar refractivity (Wildman–Crippen MR) is 102 cm³/mol. The summed E-state index contributed by atoms with van der Waals surface area (Å²) in [6, 6.07) is 7.06. The van der Waals surface area contributed by atoms with Gasteiger partial charge < -0.3 is 16.0 Å². The van der Waals surface area contributed by atoms with Crippen molar-refractivity contribution >= 4 is 39.9 Å². The Bertz CT molecular complexity index is 807. The molecule has 8 heteroatoms. The fraction of sp³-hybridized carbons (Fsp3) is 0.333. The average molecular weight is 374 g/mol. The summed E-state index contributed by atoms with van der Waals surface area (Å²) < 4.78 is 0. The summed E-state index contributed by atoms with van der Waals surface area (Å²) in [6.07, 6.45) is 0.275. The number of thiazole rings is 1. The summed E-state index contributed by atoms with van der Waals surface area (Å²) in [5.41, 5.74) is 1.41. The Morgan fingerprint density at radius 1 is 1.08 bits per heavy atom. The van der Waals surface area contributed by atoms with Gasteiger partial charge >= 0.3 is 0 Å². The van der Waals surface area contributed by atoms with Crippen molar-refractivity contribution in [2.24, 2.45) is 0 Å². The molecule has 2 rings (SSSR count). The van der Waals surface area contributed by atoms with E-state index in [4.69, 9.17) is 0 Å². The van der Waals surface area contributed by atoms with Gasteiger partial charge in [-0.1, -0.05) is 12.1 Å². The van der Waals surface area contributed by atoms with E-state index in [1.54, 1.807) is 29.6 Å². The molecule has 3 N–H and O–H groups in total. The summed E-state index contributed by atoms with van der Waals surface area (Å²) in [6.45, 7) is 7.17.